The molecule has 58 valence electrons. The number of aliphatic carboxylic acids is 1. The van der Waals surface area contributed by atoms with Gasteiger partial charge in [0, 0.05) is 6.54 Å². The van der Waals surface area contributed by atoms with Crippen LogP contribution in [0.1, 0.15) is 12.8 Å². The van der Waals surface area contributed by atoms with Gasteiger partial charge in [0.1, 0.15) is 6.23 Å². The third-order valence-electron chi connectivity index (χ3n) is 1.67. The van der Waals surface area contributed by atoms with E-state index in [0.717, 1.165) is 6.42 Å². The molecule has 0 aromatic carbocycles. The number of carboxylic acid groups (broad SMARTS) is 1. The molecule has 0 saturated carbocycles. The zero-order valence-corrected chi connectivity index (χ0v) is 5.66. The topological polar surface area (TPSA) is 60.8 Å². The Morgan fingerprint density at radius 3 is 2.80 bits per heavy atom. The molecule has 1 heterocycles. The van der Waals surface area contributed by atoms with Gasteiger partial charge in [0.15, 0.2) is 0 Å². The minimum atomic E-state index is -0.874. The monoisotopic (exact) mass is 145 g/mol. The highest BCUT2D eigenvalue weighted by Gasteiger charge is 2.23. The van der Waals surface area contributed by atoms with Crippen molar-refractivity contribution in [2.24, 2.45) is 0 Å². The molecule has 0 unspecified atom stereocenters. The average molecular weight is 145 g/mol. The van der Waals surface area contributed by atoms with Crippen molar-refractivity contribution < 1.29 is 15.0 Å². The Bertz CT molecular complexity index is 137. The van der Waals surface area contributed by atoms with Gasteiger partial charge in [0.25, 0.3) is 0 Å². The molecule has 0 aromatic rings. The number of hydrogen-bond donors (Lipinski definition) is 2. The van der Waals surface area contributed by atoms with Crippen LogP contribution in [0.4, 0.5) is 0 Å². The number of nitrogens with zero attached hydrogens (tertiary/aromatic N) is 1. The number of carbonyl (C=O) groups is 1. The van der Waals surface area contributed by atoms with Gasteiger partial charge in [0.2, 0.25) is 0 Å². The number of likely N-dealkylation sites (tertiary alicyclic amines) is 1. The molecule has 1 fully saturated rings. The summed E-state index contributed by atoms with van der Waals surface area (Å²) in [6.07, 6.45) is 1.07. The highest BCUT2D eigenvalue weighted by atomic mass is 16.4. The predicted molar refractivity (Wildman–Crippen MR) is 34.4 cm³/mol. The van der Waals surface area contributed by atoms with Crippen LogP contribution >= 0.6 is 0 Å². The molecule has 0 amide bonds. The molecule has 0 aliphatic carbocycles. The van der Waals surface area contributed by atoms with Gasteiger partial charge in [-0.1, -0.05) is 0 Å². The van der Waals surface area contributed by atoms with Crippen LogP contribution in [0.3, 0.4) is 0 Å². The van der Waals surface area contributed by atoms with E-state index in [1.165, 1.54) is 0 Å². The SMILES string of the molecule is O=C(O)CN1CCC[C@H]1O. The molecular weight excluding hydrogens is 134 g/mol. The zero-order valence-electron chi connectivity index (χ0n) is 5.66. The lowest BCUT2D eigenvalue weighted by molar-refractivity contribution is -0.140. The summed E-state index contributed by atoms with van der Waals surface area (Å²) in [7, 11) is 0. The van der Waals surface area contributed by atoms with Crippen LogP contribution in [0.25, 0.3) is 0 Å². The van der Waals surface area contributed by atoms with E-state index >= 15 is 0 Å². The Balaban J connectivity index is 2.33. The van der Waals surface area contributed by atoms with Crippen molar-refractivity contribution >= 4 is 5.97 Å². The van der Waals surface area contributed by atoms with Crippen LogP contribution in [0, 0.1) is 0 Å². The highest BCUT2D eigenvalue weighted by Crippen LogP contribution is 2.13. The summed E-state index contributed by atoms with van der Waals surface area (Å²) in [6, 6.07) is 0. The van der Waals surface area contributed by atoms with Gasteiger partial charge in [0.05, 0.1) is 6.54 Å². The van der Waals surface area contributed by atoms with E-state index in [0.29, 0.717) is 13.0 Å². The van der Waals surface area contributed by atoms with Gasteiger partial charge in [-0.15, -0.1) is 0 Å². The highest BCUT2D eigenvalue weighted by molar-refractivity contribution is 5.69. The lowest BCUT2D eigenvalue weighted by Crippen LogP contribution is -2.33. The smallest absolute Gasteiger partial charge is 0.317 e. The lowest BCUT2D eigenvalue weighted by atomic mass is 10.4. The van der Waals surface area contributed by atoms with Crippen molar-refractivity contribution in [3.8, 4) is 0 Å². The normalized spacial score (nSPS) is 27.1. The summed E-state index contributed by atoms with van der Waals surface area (Å²) in [5.74, 6) is -0.874. The first-order valence-electron chi connectivity index (χ1n) is 3.34. The van der Waals surface area contributed by atoms with Gasteiger partial charge >= 0.3 is 5.97 Å². The Hall–Kier alpha value is -0.610. The van der Waals surface area contributed by atoms with E-state index < -0.39 is 12.2 Å². The van der Waals surface area contributed by atoms with Gasteiger partial charge in [-0.05, 0) is 12.8 Å². The van der Waals surface area contributed by atoms with Crippen molar-refractivity contribution in [3.63, 3.8) is 0 Å². The van der Waals surface area contributed by atoms with Gasteiger partial charge in [-0.25, -0.2) is 0 Å². The molecule has 0 bridgehead atoms. The maximum absolute atomic E-state index is 10.1. The van der Waals surface area contributed by atoms with E-state index in [-0.39, 0.29) is 6.54 Å². The summed E-state index contributed by atoms with van der Waals surface area (Å²) >= 11 is 0. The molecule has 0 radical (unpaired) electrons. The first-order valence-corrected chi connectivity index (χ1v) is 3.34. The number of carboxylic acids is 1. The average Bonchev–Trinajstić information content (AvgIpc) is 2.15. The molecule has 0 spiro atoms. The van der Waals surface area contributed by atoms with Crippen molar-refractivity contribution in [2.75, 3.05) is 13.1 Å². The number of rotatable bonds is 2. The maximum Gasteiger partial charge on any atom is 0.317 e. The fraction of sp³-hybridized carbons (Fsp3) is 0.833. The van der Waals surface area contributed by atoms with Crippen molar-refractivity contribution in [1.29, 1.82) is 0 Å². The molecule has 10 heavy (non-hydrogen) atoms. The summed E-state index contributed by atoms with van der Waals surface area (Å²) < 4.78 is 0. The number of aliphatic hydroxyl groups is 1. The summed E-state index contributed by atoms with van der Waals surface area (Å²) in [5, 5.41) is 17.4. The van der Waals surface area contributed by atoms with Gasteiger partial charge in [-0.3, -0.25) is 9.69 Å². The molecule has 4 nitrogen and oxygen atoms in total. The number of aliphatic hydroxyl groups excluding tert-OH is 1. The molecule has 1 aliphatic heterocycles. The van der Waals surface area contributed by atoms with Crippen LogP contribution in [-0.4, -0.2) is 40.4 Å². The first-order chi connectivity index (χ1) is 4.70. The van der Waals surface area contributed by atoms with E-state index in [4.69, 9.17) is 10.2 Å². The van der Waals surface area contributed by atoms with E-state index in [1.807, 2.05) is 0 Å². The van der Waals surface area contributed by atoms with E-state index in [1.54, 1.807) is 4.90 Å². The van der Waals surface area contributed by atoms with Crippen molar-refractivity contribution in [1.82, 2.24) is 4.90 Å². The molecule has 2 N–H and O–H groups in total. The number of hydrogen-bond acceptors (Lipinski definition) is 3. The summed E-state index contributed by atoms with van der Waals surface area (Å²) in [5.41, 5.74) is 0. The summed E-state index contributed by atoms with van der Waals surface area (Å²) in [4.78, 5) is 11.7. The van der Waals surface area contributed by atoms with Crippen LogP contribution in [0.2, 0.25) is 0 Å². The third-order valence-corrected chi connectivity index (χ3v) is 1.67. The van der Waals surface area contributed by atoms with Crippen molar-refractivity contribution in [2.45, 2.75) is 19.1 Å². The lowest BCUT2D eigenvalue weighted by Gasteiger charge is -2.16. The fourth-order valence-electron chi connectivity index (χ4n) is 1.17. The minimum absolute atomic E-state index is 0.0405. The molecule has 0 aromatic heterocycles. The van der Waals surface area contributed by atoms with Crippen LogP contribution < -0.4 is 0 Å². The van der Waals surface area contributed by atoms with Crippen LogP contribution in [-0.2, 0) is 4.79 Å². The Morgan fingerprint density at radius 1 is 1.70 bits per heavy atom. The summed E-state index contributed by atoms with van der Waals surface area (Å²) in [6.45, 7) is 0.661. The largest absolute Gasteiger partial charge is 0.480 e. The third kappa shape index (κ3) is 1.68. The van der Waals surface area contributed by atoms with E-state index in [9.17, 15) is 4.79 Å². The molecule has 1 atom stereocenters. The van der Waals surface area contributed by atoms with Crippen molar-refractivity contribution in [3.05, 3.63) is 0 Å². The molecular formula is C6H11NO3. The molecule has 1 aliphatic rings. The quantitative estimate of drug-likeness (QED) is 0.549. The predicted octanol–water partition coefficient (Wildman–Crippen LogP) is -0.515. The molecule has 1 rings (SSSR count). The standard InChI is InChI=1S/C6H11NO3/c8-5-2-1-3-7(5)4-6(9)10/h5,8H,1-4H2,(H,9,10)/t5-/m1/s1. The zero-order chi connectivity index (χ0) is 7.56. The molecule has 1 saturated heterocycles. The van der Waals surface area contributed by atoms with Gasteiger partial charge < -0.3 is 10.2 Å². The maximum atomic E-state index is 10.1. The second kappa shape index (κ2) is 2.98. The Kier molecular flexibility index (Phi) is 2.24. The first kappa shape index (κ1) is 7.50. The fourth-order valence-corrected chi connectivity index (χ4v) is 1.17. The second-order valence-corrected chi connectivity index (χ2v) is 2.49. The Morgan fingerprint density at radius 2 is 2.40 bits per heavy atom. The Labute approximate surface area is 59.1 Å². The second-order valence-electron chi connectivity index (χ2n) is 2.49. The van der Waals surface area contributed by atoms with Crippen LogP contribution in [0.15, 0.2) is 0 Å². The van der Waals surface area contributed by atoms with Crippen LogP contribution in [0.5, 0.6) is 0 Å². The molecule has 4 heteroatoms. The minimum Gasteiger partial charge on any atom is -0.480 e. The van der Waals surface area contributed by atoms with Gasteiger partial charge in [-0.2, -0.15) is 0 Å². The van der Waals surface area contributed by atoms with E-state index in [2.05, 4.69) is 0 Å².